The lowest BCUT2D eigenvalue weighted by atomic mass is 9.77. The first-order valence-electron chi connectivity index (χ1n) is 8.74. The van der Waals surface area contributed by atoms with Crippen LogP contribution in [-0.2, 0) is 6.42 Å². The molecule has 3 atom stereocenters. The summed E-state index contributed by atoms with van der Waals surface area (Å²) >= 11 is 0. The number of aliphatic hydroxyl groups excluding tert-OH is 1. The Hall–Kier alpha value is -2.99. The summed E-state index contributed by atoms with van der Waals surface area (Å²) in [6.45, 7) is 0. The molecule has 1 amide bonds. The number of aromatic nitrogens is 3. The molecule has 0 spiro atoms. The molecule has 5 rings (SSSR count). The summed E-state index contributed by atoms with van der Waals surface area (Å²) in [4.78, 5) is 20.0. The molecule has 0 fully saturated rings. The van der Waals surface area contributed by atoms with Gasteiger partial charge < -0.3 is 15.4 Å². The predicted octanol–water partition coefficient (Wildman–Crippen LogP) is 2.24. The van der Waals surface area contributed by atoms with Crippen molar-refractivity contribution in [1.82, 2.24) is 14.5 Å². The third kappa shape index (κ3) is 2.05. The zero-order chi connectivity index (χ0) is 17.8. The second-order valence-electron chi connectivity index (χ2n) is 6.96. The first-order chi connectivity index (χ1) is 12.6. The number of nitrogens with two attached hydrogens (primary N) is 1. The van der Waals surface area contributed by atoms with E-state index in [1.807, 2.05) is 24.7 Å². The van der Waals surface area contributed by atoms with E-state index in [0.29, 0.717) is 6.42 Å². The average molecular weight is 346 g/mol. The molecule has 2 aromatic heterocycles. The number of carbonyl (C=O) groups excluding carboxylic acids is 1. The third-order valence-electron chi connectivity index (χ3n) is 5.63. The quantitative estimate of drug-likeness (QED) is 0.744. The largest absolute Gasteiger partial charge is 0.388 e. The van der Waals surface area contributed by atoms with Gasteiger partial charge >= 0.3 is 0 Å². The Morgan fingerprint density at radius 3 is 2.88 bits per heavy atom. The van der Waals surface area contributed by atoms with E-state index in [9.17, 15) is 9.90 Å². The minimum absolute atomic E-state index is 0.0142. The molecule has 0 saturated heterocycles. The van der Waals surface area contributed by atoms with Crippen LogP contribution in [0.1, 0.15) is 45.9 Å². The van der Waals surface area contributed by atoms with Crippen LogP contribution in [0.15, 0.2) is 48.9 Å². The number of hydrogen-bond donors (Lipinski definition) is 2. The molecule has 0 unspecified atom stereocenters. The fourth-order valence-corrected chi connectivity index (χ4v) is 4.45. The number of imidazole rings is 1. The number of rotatable bonds is 2. The molecule has 0 bridgehead atoms. The van der Waals surface area contributed by atoms with E-state index < -0.39 is 12.0 Å². The second kappa shape index (κ2) is 5.51. The van der Waals surface area contributed by atoms with E-state index in [-0.39, 0.29) is 17.7 Å². The van der Waals surface area contributed by atoms with Crippen LogP contribution in [0.25, 0.3) is 11.3 Å². The van der Waals surface area contributed by atoms with Gasteiger partial charge in [-0.2, -0.15) is 0 Å². The van der Waals surface area contributed by atoms with E-state index in [1.165, 1.54) is 11.1 Å². The highest BCUT2D eigenvalue weighted by Gasteiger charge is 2.40. The Labute approximate surface area is 150 Å². The first kappa shape index (κ1) is 15.3. The predicted molar refractivity (Wildman–Crippen MR) is 95.3 cm³/mol. The number of aliphatic hydroxyl groups is 1. The molecular weight excluding hydrogens is 328 g/mol. The Morgan fingerprint density at radius 2 is 2.04 bits per heavy atom. The fraction of sp³-hybridized carbons (Fsp3) is 0.250. The van der Waals surface area contributed by atoms with Crippen LogP contribution >= 0.6 is 0 Å². The van der Waals surface area contributed by atoms with E-state index >= 15 is 0 Å². The monoisotopic (exact) mass is 346 g/mol. The topological polar surface area (TPSA) is 94.0 Å². The van der Waals surface area contributed by atoms with Crippen molar-refractivity contribution in [3.8, 4) is 11.3 Å². The molecule has 26 heavy (non-hydrogen) atoms. The molecule has 0 saturated carbocycles. The van der Waals surface area contributed by atoms with Crippen molar-refractivity contribution in [2.24, 2.45) is 11.7 Å². The summed E-state index contributed by atoms with van der Waals surface area (Å²) in [5.74, 6) is -0.530. The van der Waals surface area contributed by atoms with Gasteiger partial charge in [0.05, 0.1) is 30.4 Å². The minimum Gasteiger partial charge on any atom is -0.388 e. The summed E-state index contributed by atoms with van der Waals surface area (Å²) in [7, 11) is 0. The van der Waals surface area contributed by atoms with Gasteiger partial charge in [-0.3, -0.25) is 4.79 Å². The number of pyridine rings is 1. The molecule has 3 heterocycles. The van der Waals surface area contributed by atoms with E-state index in [0.717, 1.165) is 23.4 Å². The van der Waals surface area contributed by atoms with Gasteiger partial charge in [0.25, 0.3) is 5.91 Å². The molecule has 1 aliphatic heterocycles. The van der Waals surface area contributed by atoms with Crippen molar-refractivity contribution < 1.29 is 9.90 Å². The Kier molecular flexibility index (Phi) is 3.24. The Morgan fingerprint density at radius 1 is 1.19 bits per heavy atom. The van der Waals surface area contributed by atoms with Crippen molar-refractivity contribution in [3.63, 3.8) is 0 Å². The number of nitrogens with zero attached hydrogens (tertiary/aromatic N) is 3. The molecule has 130 valence electrons. The zero-order valence-electron chi connectivity index (χ0n) is 14.0. The van der Waals surface area contributed by atoms with Gasteiger partial charge in [0.15, 0.2) is 0 Å². The van der Waals surface area contributed by atoms with Gasteiger partial charge in [-0.25, -0.2) is 9.97 Å². The van der Waals surface area contributed by atoms with Crippen LogP contribution in [0.3, 0.4) is 0 Å². The van der Waals surface area contributed by atoms with Crippen LogP contribution in [-0.4, -0.2) is 25.5 Å². The highest BCUT2D eigenvalue weighted by atomic mass is 16.3. The summed E-state index contributed by atoms with van der Waals surface area (Å²) in [6.07, 6.45) is 4.56. The molecule has 3 aromatic rings. The molecule has 3 N–H and O–H groups in total. The molecule has 1 aromatic carbocycles. The fourth-order valence-electron chi connectivity index (χ4n) is 4.45. The van der Waals surface area contributed by atoms with Crippen molar-refractivity contribution >= 4 is 5.91 Å². The van der Waals surface area contributed by atoms with Gasteiger partial charge in [0.2, 0.25) is 0 Å². The first-order valence-corrected chi connectivity index (χ1v) is 8.74. The van der Waals surface area contributed by atoms with Crippen LogP contribution in [0.4, 0.5) is 0 Å². The van der Waals surface area contributed by atoms with Gasteiger partial charge in [-0.1, -0.05) is 30.3 Å². The number of primary amides is 1. The summed E-state index contributed by atoms with van der Waals surface area (Å²) in [5.41, 5.74) is 10.6. The van der Waals surface area contributed by atoms with Gasteiger partial charge in [0.1, 0.15) is 5.69 Å². The highest BCUT2D eigenvalue weighted by molar-refractivity contribution is 5.90. The van der Waals surface area contributed by atoms with E-state index in [4.69, 9.17) is 5.73 Å². The number of aryl methyl sites for hydroxylation is 1. The van der Waals surface area contributed by atoms with Gasteiger partial charge in [0, 0.05) is 22.7 Å². The molecule has 0 radical (unpaired) electrons. The van der Waals surface area contributed by atoms with E-state index in [2.05, 4.69) is 26.7 Å². The normalized spacial score (nSPS) is 23.2. The lowest BCUT2D eigenvalue weighted by Gasteiger charge is -2.34. The SMILES string of the molecule is NC(=O)c1ccc2c(n1)CC[C@H]([C@@H]1c3ccccc3-c3cncn31)[C@@H]2O. The molecule has 1 aliphatic carbocycles. The number of carbonyl (C=O) groups is 1. The minimum atomic E-state index is -0.653. The van der Waals surface area contributed by atoms with Crippen molar-refractivity contribution in [1.29, 1.82) is 0 Å². The number of hydrogen-bond acceptors (Lipinski definition) is 4. The average Bonchev–Trinajstić information content (AvgIpc) is 3.23. The summed E-state index contributed by atoms with van der Waals surface area (Å²) in [5, 5.41) is 11.1. The number of benzene rings is 1. The second-order valence-corrected chi connectivity index (χ2v) is 6.96. The number of amides is 1. The Bertz CT molecular complexity index is 1030. The zero-order valence-corrected chi connectivity index (χ0v) is 14.0. The lowest BCUT2D eigenvalue weighted by Crippen LogP contribution is -2.29. The molecule has 6 nitrogen and oxygen atoms in total. The lowest BCUT2D eigenvalue weighted by molar-refractivity contribution is 0.0708. The third-order valence-corrected chi connectivity index (χ3v) is 5.63. The maximum absolute atomic E-state index is 11.4. The van der Waals surface area contributed by atoms with Crippen molar-refractivity contribution in [3.05, 3.63) is 71.4 Å². The van der Waals surface area contributed by atoms with Gasteiger partial charge in [-0.15, -0.1) is 0 Å². The number of fused-ring (bicyclic) bond motifs is 4. The molecule has 2 aliphatic rings. The molecule has 6 heteroatoms. The summed E-state index contributed by atoms with van der Waals surface area (Å²) in [6, 6.07) is 11.7. The van der Waals surface area contributed by atoms with Crippen molar-refractivity contribution in [2.75, 3.05) is 0 Å². The summed E-state index contributed by atoms with van der Waals surface area (Å²) < 4.78 is 2.16. The highest BCUT2D eigenvalue weighted by Crippen LogP contribution is 2.49. The van der Waals surface area contributed by atoms with Crippen LogP contribution in [0.2, 0.25) is 0 Å². The molecular formula is C20H18N4O2. The standard InChI is InChI=1S/C20H18N4O2/c21-20(26)16-8-5-13-15(23-16)7-6-14(19(13)25)18-12-4-2-1-3-11(12)17-9-22-10-24(17)18/h1-5,8-10,14,18-19,25H,6-7H2,(H2,21,26)/t14-,18+,19-/m1/s1. The maximum Gasteiger partial charge on any atom is 0.267 e. The smallest absolute Gasteiger partial charge is 0.267 e. The Balaban J connectivity index is 1.57. The maximum atomic E-state index is 11.4. The van der Waals surface area contributed by atoms with Crippen LogP contribution in [0.5, 0.6) is 0 Å². The van der Waals surface area contributed by atoms with Crippen molar-refractivity contribution in [2.45, 2.75) is 25.0 Å². The van der Waals surface area contributed by atoms with Gasteiger partial charge in [-0.05, 0) is 24.5 Å². The van der Waals surface area contributed by atoms with Crippen LogP contribution in [0, 0.1) is 5.92 Å². The van der Waals surface area contributed by atoms with Crippen LogP contribution < -0.4 is 5.73 Å². The van der Waals surface area contributed by atoms with E-state index in [1.54, 1.807) is 12.1 Å².